The maximum atomic E-state index is 9.09. The fourth-order valence-corrected chi connectivity index (χ4v) is 1.12. The van der Waals surface area contributed by atoms with Gasteiger partial charge in [-0.15, -0.1) is 0 Å². The first-order valence-electron chi connectivity index (χ1n) is 4.25. The summed E-state index contributed by atoms with van der Waals surface area (Å²) in [6, 6.07) is 0.0752. The molecule has 12 heavy (non-hydrogen) atoms. The van der Waals surface area contributed by atoms with Crippen LogP contribution >= 0.6 is 0 Å². The van der Waals surface area contributed by atoms with Crippen molar-refractivity contribution in [3.63, 3.8) is 0 Å². The van der Waals surface area contributed by atoms with Gasteiger partial charge in [0.15, 0.2) is 0 Å². The molecule has 3 N–H and O–H groups in total. The van der Waals surface area contributed by atoms with Crippen LogP contribution in [0.2, 0.25) is 0 Å². The molecule has 0 saturated heterocycles. The van der Waals surface area contributed by atoms with Gasteiger partial charge in [-0.3, -0.25) is 4.90 Å². The Bertz CT molecular complexity index is 106. The van der Waals surface area contributed by atoms with Gasteiger partial charge in [0.25, 0.3) is 0 Å². The van der Waals surface area contributed by atoms with E-state index in [1.54, 1.807) is 0 Å². The van der Waals surface area contributed by atoms with Crippen LogP contribution in [0.5, 0.6) is 0 Å². The van der Waals surface area contributed by atoms with Gasteiger partial charge < -0.3 is 15.3 Å². The summed E-state index contributed by atoms with van der Waals surface area (Å²) in [5, 5.41) is 26.6. The fraction of sp³-hybridized carbons (Fsp3) is 1.00. The molecule has 0 radical (unpaired) electrons. The van der Waals surface area contributed by atoms with Gasteiger partial charge in [0, 0.05) is 12.6 Å². The predicted octanol–water partition coefficient (Wildman–Crippen LogP) is -0.958. The highest BCUT2D eigenvalue weighted by atomic mass is 16.3. The van der Waals surface area contributed by atoms with Gasteiger partial charge in [-0.05, 0) is 13.5 Å². The summed E-state index contributed by atoms with van der Waals surface area (Å²) in [5.41, 5.74) is 0. The summed E-state index contributed by atoms with van der Waals surface area (Å²) in [4.78, 5) is 1.85. The van der Waals surface area contributed by atoms with Gasteiger partial charge in [-0.2, -0.15) is 0 Å². The number of aliphatic hydroxyl groups is 3. The monoisotopic (exact) mass is 177 g/mol. The van der Waals surface area contributed by atoms with Crippen molar-refractivity contribution in [3.05, 3.63) is 0 Å². The minimum absolute atomic E-state index is 0.0752. The van der Waals surface area contributed by atoms with Crippen LogP contribution in [0.3, 0.4) is 0 Å². The van der Waals surface area contributed by atoms with Gasteiger partial charge in [0.05, 0.1) is 19.3 Å². The van der Waals surface area contributed by atoms with Gasteiger partial charge in [-0.25, -0.2) is 0 Å². The Kier molecular flexibility index (Phi) is 6.28. The van der Waals surface area contributed by atoms with E-state index in [2.05, 4.69) is 0 Å². The molecule has 74 valence electrons. The lowest BCUT2D eigenvalue weighted by Crippen LogP contribution is -2.40. The zero-order valence-corrected chi connectivity index (χ0v) is 7.77. The Balaban J connectivity index is 3.75. The molecule has 0 rings (SSSR count). The zero-order valence-electron chi connectivity index (χ0n) is 7.77. The molecule has 2 unspecified atom stereocenters. The highest BCUT2D eigenvalue weighted by Crippen LogP contribution is 2.01. The Labute approximate surface area is 73.4 Å². The average Bonchev–Trinajstić information content (AvgIpc) is 2.06. The lowest BCUT2D eigenvalue weighted by Gasteiger charge is -2.26. The largest absolute Gasteiger partial charge is 0.395 e. The van der Waals surface area contributed by atoms with E-state index in [0.717, 1.165) is 6.42 Å². The van der Waals surface area contributed by atoms with Gasteiger partial charge in [-0.1, -0.05) is 6.92 Å². The number of hydrogen-bond donors (Lipinski definition) is 3. The maximum absolute atomic E-state index is 9.09. The summed E-state index contributed by atoms with van der Waals surface area (Å²) in [6.07, 6.45) is 0.126. The molecule has 2 atom stereocenters. The Morgan fingerprint density at radius 3 is 2.17 bits per heavy atom. The minimum Gasteiger partial charge on any atom is -0.395 e. The van der Waals surface area contributed by atoms with Crippen molar-refractivity contribution >= 4 is 0 Å². The molecule has 0 spiro atoms. The molecule has 0 aliphatic heterocycles. The van der Waals surface area contributed by atoms with E-state index in [-0.39, 0.29) is 19.3 Å². The molecule has 4 nitrogen and oxygen atoms in total. The molecule has 0 saturated carbocycles. The lowest BCUT2D eigenvalue weighted by atomic mass is 10.2. The standard InChI is InChI=1S/C8H19NO3/c1-3-7(5-10)9(2)4-8(12)6-11/h7-8,10-12H,3-6H2,1-2H3. The second-order valence-electron chi connectivity index (χ2n) is 3.02. The van der Waals surface area contributed by atoms with Gasteiger partial charge in [0.2, 0.25) is 0 Å². The van der Waals surface area contributed by atoms with Crippen molar-refractivity contribution in [1.82, 2.24) is 4.90 Å². The summed E-state index contributed by atoms with van der Waals surface area (Å²) < 4.78 is 0. The summed E-state index contributed by atoms with van der Waals surface area (Å²) in [6.45, 7) is 2.23. The number of hydrogen-bond acceptors (Lipinski definition) is 4. The number of nitrogens with zero attached hydrogens (tertiary/aromatic N) is 1. The highest BCUT2D eigenvalue weighted by molar-refractivity contribution is 4.68. The predicted molar refractivity (Wildman–Crippen MR) is 46.9 cm³/mol. The van der Waals surface area contributed by atoms with Crippen molar-refractivity contribution in [1.29, 1.82) is 0 Å². The molecular weight excluding hydrogens is 158 g/mol. The van der Waals surface area contributed by atoms with Crippen LogP contribution in [-0.4, -0.2) is 59.2 Å². The maximum Gasteiger partial charge on any atom is 0.0897 e. The van der Waals surface area contributed by atoms with E-state index in [9.17, 15) is 0 Å². The van der Waals surface area contributed by atoms with Crippen LogP contribution in [0.1, 0.15) is 13.3 Å². The normalized spacial score (nSPS) is 16.5. The average molecular weight is 177 g/mol. The third kappa shape index (κ3) is 4.01. The SMILES string of the molecule is CCC(CO)N(C)CC(O)CO. The van der Waals surface area contributed by atoms with Crippen LogP contribution in [-0.2, 0) is 0 Å². The van der Waals surface area contributed by atoms with Crippen molar-refractivity contribution < 1.29 is 15.3 Å². The molecule has 0 aliphatic carbocycles. The van der Waals surface area contributed by atoms with Crippen LogP contribution in [0.25, 0.3) is 0 Å². The molecule has 0 aliphatic rings. The third-order valence-corrected chi connectivity index (χ3v) is 2.01. The highest BCUT2D eigenvalue weighted by Gasteiger charge is 2.14. The summed E-state index contributed by atoms with van der Waals surface area (Å²) in [7, 11) is 1.82. The number of aliphatic hydroxyl groups excluding tert-OH is 3. The molecular formula is C8H19NO3. The van der Waals surface area contributed by atoms with Crippen molar-refractivity contribution in [3.8, 4) is 0 Å². The molecule has 0 aromatic carbocycles. The first-order valence-corrected chi connectivity index (χ1v) is 4.25. The first kappa shape index (κ1) is 11.8. The lowest BCUT2D eigenvalue weighted by molar-refractivity contribution is 0.0425. The summed E-state index contributed by atoms with van der Waals surface area (Å²) in [5.74, 6) is 0. The Hall–Kier alpha value is -0.160. The quantitative estimate of drug-likeness (QED) is 0.489. The van der Waals surface area contributed by atoms with E-state index in [1.165, 1.54) is 0 Å². The van der Waals surface area contributed by atoms with Crippen LogP contribution < -0.4 is 0 Å². The smallest absolute Gasteiger partial charge is 0.0897 e. The molecule has 0 aromatic rings. The second kappa shape index (κ2) is 6.37. The summed E-state index contributed by atoms with van der Waals surface area (Å²) >= 11 is 0. The topological polar surface area (TPSA) is 63.9 Å². The Morgan fingerprint density at radius 2 is 1.83 bits per heavy atom. The Morgan fingerprint density at radius 1 is 1.25 bits per heavy atom. The van der Waals surface area contributed by atoms with Gasteiger partial charge >= 0.3 is 0 Å². The van der Waals surface area contributed by atoms with Crippen molar-refractivity contribution in [2.45, 2.75) is 25.5 Å². The van der Waals surface area contributed by atoms with E-state index in [1.807, 2.05) is 18.9 Å². The zero-order chi connectivity index (χ0) is 9.56. The molecule has 0 amide bonds. The molecule has 0 heterocycles. The van der Waals surface area contributed by atoms with E-state index < -0.39 is 6.10 Å². The second-order valence-corrected chi connectivity index (χ2v) is 3.02. The minimum atomic E-state index is -0.712. The number of likely N-dealkylation sites (N-methyl/N-ethyl adjacent to an activating group) is 1. The van der Waals surface area contributed by atoms with Crippen LogP contribution in [0.4, 0.5) is 0 Å². The number of rotatable bonds is 6. The van der Waals surface area contributed by atoms with Crippen LogP contribution in [0.15, 0.2) is 0 Å². The van der Waals surface area contributed by atoms with Crippen LogP contribution in [0, 0.1) is 0 Å². The third-order valence-electron chi connectivity index (χ3n) is 2.01. The molecule has 0 fully saturated rings. The van der Waals surface area contributed by atoms with E-state index >= 15 is 0 Å². The van der Waals surface area contributed by atoms with Gasteiger partial charge in [0.1, 0.15) is 0 Å². The van der Waals surface area contributed by atoms with E-state index in [4.69, 9.17) is 15.3 Å². The van der Waals surface area contributed by atoms with Crippen molar-refractivity contribution in [2.24, 2.45) is 0 Å². The molecule has 4 heteroatoms. The fourth-order valence-electron chi connectivity index (χ4n) is 1.12. The van der Waals surface area contributed by atoms with Crippen molar-refractivity contribution in [2.75, 3.05) is 26.8 Å². The molecule has 0 aromatic heterocycles. The molecule has 0 bridgehead atoms. The van der Waals surface area contributed by atoms with E-state index in [0.29, 0.717) is 6.54 Å². The first-order chi connectivity index (χ1) is 5.65.